The van der Waals surface area contributed by atoms with Crippen molar-refractivity contribution < 1.29 is 9.47 Å². The normalized spacial score (nSPS) is 10.0. The van der Waals surface area contributed by atoms with Gasteiger partial charge in [0.15, 0.2) is 11.5 Å². The van der Waals surface area contributed by atoms with Crippen molar-refractivity contribution in [3.05, 3.63) is 22.7 Å². The van der Waals surface area contributed by atoms with Crippen molar-refractivity contribution in [2.75, 3.05) is 39.9 Å². The first-order chi connectivity index (χ1) is 10.2. The maximum absolute atomic E-state index is 6.14. The van der Waals surface area contributed by atoms with Crippen molar-refractivity contribution in [1.29, 1.82) is 0 Å². The highest BCUT2D eigenvalue weighted by Crippen LogP contribution is 2.34. The van der Waals surface area contributed by atoms with E-state index in [1.54, 1.807) is 13.2 Å². The van der Waals surface area contributed by atoms with Gasteiger partial charge in [0.1, 0.15) is 0 Å². The van der Waals surface area contributed by atoms with Crippen LogP contribution in [0, 0.1) is 0 Å². The minimum Gasteiger partial charge on any atom is -0.493 e. The zero-order valence-electron chi connectivity index (χ0n) is 14.4. The van der Waals surface area contributed by atoms with E-state index in [1.807, 2.05) is 13.0 Å². The molecule has 0 amide bonds. The third-order valence-electron chi connectivity index (χ3n) is 3.42. The number of benzene rings is 1. The van der Waals surface area contributed by atoms with E-state index in [9.17, 15) is 0 Å². The van der Waals surface area contributed by atoms with Gasteiger partial charge >= 0.3 is 0 Å². The second kappa shape index (κ2) is 14.0. The Morgan fingerprint density at radius 1 is 1.13 bits per heavy atom. The Kier molecular flexibility index (Phi) is 15.1. The van der Waals surface area contributed by atoms with Crippen LogP contribution in [0.25, 0.3) is 0 Å². The molecule has 0 saturated heterocycles. The van der Waals surface area contributed by atoms with Crippen LogP contribution in [0.15, 0.2) is 12.1 Å². The van der Waals surface area contributed by atoms with Crippen molar-refractivity contribution in [1.82, 2.24) is 10.2 Å². The minimum atomic E-state index is 0. The average molecular weight is 388 g/mol. The smallest absolute Gasteiger partial charge is 0.165 e. The Bertz CT molecular complexity index is 430. The molecular formula is C16H29Cl3N2O2. The molecular weight excluding hydrogens is 359 g/mol. The van der Waals surface area contributed by atoms with Crippen molar-refractivity contribution in [3.63, 3.8) is 0 Å². The molecule has 0 aliphatic rings. The lowest BCUT2D eigenvalue weighted by molar-refractivity contribution is 0.297. The number of nitrogens with zero attached hydrogens (tertiary/aromatic N) is 1. The van der Waals surface area contributed by atoms with Gasteiger partial charge in [0.25, 0.3) is 0 Å². The van der Waals surface area contributed by atoms with Crippen LogP contribution in [-0.4, -0.2) is 44.8 Å². The number of nitrogens with one attached hydrogen (secondary N) is 1. The average Bonchev–Trinajstić information content (AvgIpc) is 2.49. The molecule has 0 heterocycles. The summed E-state index contributed by atoms with van der Waals surface area (Å²) in [5.74, 6) is 1.46. The molecule has 0 unspecified atom stereocenters. The predicted molar refractivity (Wildman–Crippen MR) is 103 cm³/mol. The predicted octanol–water partition coefficient (Wildman–Crippen LogP) is 4.02. The van der Waals surface area contributed by atoms with E-state index in [2.05, 4.69) is 24.1 Å². The number of likely N-dealkylation sites (N-methyl/N-ethyl adjacent to an activating group) is 1. The Morgan fingerprint density at radius 2 is 1.78 bits per heavy atom. The van der Waals surface area contributed by atoms with Gasteiger partial charge in [0, 0.05) is 36.3 Å². The molecule has 0 aliphatic carbocycles. The van der Waals surface area contributed by atoms with Crippen LogP contribution >= 0.6 is 36.4 Å². The summed E-state index contributed by atoms with van der Waals surface area (Å²) >= 11 is 6.14. The quantitative estimate of drug-likeness (QED) is 0.615. The summed E-state index contributed by atoms with van der Waals surface area (Å²) in [7, 11) is 1.63. The third-order valence-corrected chi connectivity index (χ3v) is 3.64. The van der Waals surface area contributed by atoms with Crippen molar-refractivity contribution in [2.24, 2.45) is 0 Å². The highest BCUT2D eigenvalue weighted by molar-refractivity contribution is 6.30. The molecule has 0 spiro atoms. The summed E-state index contributed by atoms with van der Waals surface area (Å²) in [5, 5.41) is 4.11. The molecule has 0 saturated carbocycles. The molecule has 0 atom stereocenters. The molecule has 1 rings (SSSR count). The van der Waals surface area contributed by atoms with Gasteiger partial charge in [-0.15, -0.1) is 24.8 Å². The number of hydrogen-bond acceptors (Lipinski definition) is 4. The summed E-state index contributed by atoms with van der Waals surface area (Å²) in [5.41, 5.74) is 1.03. The van der Waals surface area contributed by atoms with Crippen LogP contribution in [0.3, 0.4) is 0 Å². The van der Waals surface area contributed by atoms with Gasteiger partial charge in [0.05, 0.1) is 13.7 Å². The maximum atomic E-state index is 6.14. The zero-order valence-corrected chi connectivity index (χ0v) is 16.7. The highest BCUT2D eigenvalue weighted by Gasteiger charge is 2.12. The monoisotopic (exact) mass is 386 g/mol. The Hall–Kier alpha value is -0.390. The van der Waals surface area contributed by atoms with Crippen LogP contribution < -0.4 is 14.8 Å². The van der Waals surface area contributed by atoms with Gasteiger partial charge in [-0.25, -0.2) is 0 Å². The van der Waals surface area contributed by atoms with Gasteiger partial charge in [-0.2, -0.15) is 0 Å². The van der Waals surface area contributed by atoms with Crippen LogP contribution in [0.2, 0.25) is 5.02 Å². The topological polar surface area (TPSA) is 33.7 Å². The number of methoxy groups -OCH3 is 1. The van der Waals surface area contributed by atoms with E-state index in [-0.39, 0.29) is 24.8 Å². The van der Waals surface area contributed by atoms with Crippen molar-refractivity contribution >= 4 is 36.4 Å². The lowest BCUT2D eigenvalue weighted by Gasteiger charge is -2.19. The van der Waals surface area contributed by atoms with Gasteiger partial charge < -0.3 is 19.7 Å². The molecule has 1 aromatic rings. The van der Waals surface area contributed by atoms with Crippen LogP contribution in [-0.2, 0) is 6.54 Å². The molecule has 1 aromatic carbocycles. The fraction of sp³-hybridized carbons (Fsp3) is 0.625. The van der Waals surface area contributed by atoms with Crippen LogP contribution in [0.5, 0.6) is 11.5 Å². The SMILES string of the molecule is CCOc1c(CNCCN(CC)CC)cc(Cl)cc1OC.Cl.Cl. The van der Waals surface area contributed by atoms with Gasteiger partial charge in [-0.1, -0.05) is 25.4 Å². The maximum Gasteiger partial charge on any atom is 0.165 e. The molecule has 7 heteroatoms. The first kappa shape index (κ1) is 24.9. The molecule has 0 aliphatic heterocycles. The molecule has 0 bridgehead atoms. The Labute approximate surface area is 157 Å². The lowest BCUT2D eigenvalue weighted by atomic mass is 10.2. The minimum absolute atomic E-state index is 0. The van der Waals surface area contributed by atoms with Gasteiger partial charge in [-0.3, -0.25) is 0 Å². The summed E-state index contributed by atoms with van der Waals surface area (Å²) in [6, 6.07) is 3.71. The van der Waals surface area contributed by atoms with E-state index < -0.39 is 0 Å². The molecule has 0 fully saturated rings. The summed E-state index contributed by atoms with van der Waals surface area (Å²) in [4.78, 5) is 2.38. The van der Waals surface area contributed by atoms with Crippen molar-refractivity contribution in [2.45, 2.75) is 27.3 Å². The summed E-state index contributed by atoms with van der Waals surface area (Å²) in [6.45, 7) is 11.8. The highest BCUT2D eigenvalue weighted by atomic mass is 35.5. The zero-order chi connectivity index (χ0) is 15.7. The fourth-order valence-corrected chi connectivity index (χ4v) is 2.44. The molecule has 1 N–H and O–H groups in total. The standard InChI is InChI=1S/C16H27ClN2O2.2ClH/c1-5-19(6-2)9-8-18-12-13-10-14(17)11-15(20-4)16(13)21-7-3;;/h10-11,18H,5-9,12H2,1-4H3;2*1H. The molecule has 4 nitrogen and oxygen atoms in total. The first-order valence-corrected chi connectivity index (χ1v) is 7.96. The summed E-state index contributed by atoms with van der Waals surface area (Å²) < 4.78 is 11.1. The Morgan fingerprint density at radius 3 is 2.30 bits per heavy atom. The van der Waals surface area contributed by atoms with E-state index in [1.165, 1.54) is 0 Å². The largest absolute Gasteiger partial charge is 0.493 e. The molecule has 0 aromatic heterocycles. The lowest BCUT2D eigenvalue weighted by Crippen LogP contribution is -2.31. The fourth-order valence-electron chi connectivity index (χ4n) is 2.21. The van der Waals surface area contributed by atoms with Gasteiger partial charge in [0.2, 0.25) is 0 Å². The number of hydrogen-bond donors (Lipinski definition) is 1. The van der Waals surface area contributed by atoms with Crippen LogP contribution in [0.1, 0.15) is 26.3 Å². The number of rotatable bonds is 10. The molecule has 23 heavy (non-hydrogen) atoms. The van der Waals surface area contributed by atoms with Crippen LogP contribution in [0.4, 0.5) is 0 Å². The van der Waals surface area contributed by atoms with E-state index in [4.69, 9.17) is 21.1 Å². The van der Waals surface area contributed by atoms with Gasteiger partial charge in [-0.05, 0) is 26.1 Å². The molecule has 136 valence electrons. The Balaban J connectivity index is 0. The van der Waals surface area contributed by atoms with E-state index in [0.29, 0.717) is 23.9 Å². The van der Waals surface area contributed by atoms with Crippen molar-refractivity contribution in [3.8, 4) is 11.5 Å². The third kappa shape index (κ3) is 8.32. The first-order valence-electron chi connectivity index (χ1n) is 7.58. The van der Waals surface area contributed by atoms with E-state index >= 15 is 0 Å². The molecule has 0 radical (unpaired) electrons. The second-order valence-electron chi connectivity index (χ2n) is 4.73. The number of ether oxygens (including phenoxy) is 2. The summed E-state index contributed by atoms with van der Waals surface area (Å²) in [6.07, 6.45) is 0. The number of halogens is 3. The second-order valence-corrected chi connectivity index (χ2v) is 5.17. The van der Waals surface area contributed by atoms with E-state index in [0.717, 1.165) is 37.5 Å².